The fourth-order valence-electron chi connectivity index (χ4n) is 1.81. The Morgan fingerprint density at radius 1 is 1.39 bits per heavy atom. The van der Waals surface area contributed by atoms with Crippen LogP contribution in [0.15, 0.2) is 18.2 Å². The molecule has 0 radical (unpaired) electrons. The molecule has 0 atom stereocenters. The highest BCUT2D eigenvalue weighted by molar-refractivity contribution is 5.94. The van der Waals surface area contributed by atoms with Crippen molar-refractivity contribution in [3.8, 4) is 0 Å². The van der Waals surface area contributed by atoms with Gasteiger partial charge in [0.05, 0.1) is 5.56 Å². The molecule has 1 fully saturated rings. The largest absolute Gasteiger partial charge is 0.478 e. The van der Waals surface area contributed by atoms with Crippen LogP contribution < -0.4 is 5.32 Å². The van der Waals surface area contributed by atoms with E-state index < -0.39 is 17.7 Å². The number of anilines is 1. The van der Waals surface area contributed by atoms with Gasteiger partial charge in [0.15, 0.2) is 0 Å². The van der Waals surface area contributed by atoms with Crippen molar-refractivity contribution in [2.24, 2.45) is 0 Å². The van der Waals surface area contributed by atoms with Crippen LogP contribution in [0.4, 0.5) is 18.9 Å². The van der Waals surface area contributed by atoms with Gasteiger partial charge in [0.25, 0.3) is 0 Å². The molecule has 2 rings (SSSR count). The molecule has 0 heterocycles. The average Bonchev–Trinajstić information content (AvgIpc) is 2.97. The molecule has 1 aliphatic rings. The van der Waals surface area contributed by atoms with Gasteiger partial charge in [0.1, 0.15) is 5.54 Å². The van der Waals surface area contributed by atoms with Crippen LogP contribution in [0.1, 0.15) is 28.8 Å². The summed E-state index contributed by atoms with van der Waals surface area (Å²) in [6.45, 7) is 1.70. The van der Waals surface area contributed by atoms with Crippen molar-refractivity contribution < 1.29 is 23.1 Å². The third-order valence-corrected chi connectivity index (χ3v) is 3.07. The molecule has 1 aliphatic carbocycles. The van der Waals surface area contributed by atoms with Gasteiger partial charge in [-0.2, -0.15) is 13.2 Å². The summed E-state index contributed by atoms with van der Waals surface area (Å²) in [6.07, 6.45) is -4.42. The number of benzene rings is 1. The number of carbonyl (C=O) groups is 1. The molecule has 0 spiro atoms. The summed E-state index contributed by atoms with van der Waals surface area (Å²) in [5, 5.41) is 11.3. The summed E-state index contributed by atoms with van der Waals surface area (Å²) in [4.78, 5) is 11.0. The summed E-state index contributed by atoms with van der Waals surface area (Å²) in [5.41, 5.74) is -1.36. The lowest BCUT2D eigenvalue weighted by molar-refractivity contribution is -0.151. The molecule has 1 aromatic rings. The molecule has 0 aliphatic heterocycles. The van der Waals surface area contributed by atoms with Crippen molar-refractivity contribution in [2.45, 2.75) is 31.5 Å². The zero-order valence-corrected chi connectivity index (χ0v) is 9.64. The zero-order chi connectivity index (χ0) is 13.6. The summed E-state index contributed by atoms with van der Waals surface area (Å²) in [7, 11) is 0. The maximum absolute atomic E-state index is 12.8. The lowest BCUT2D eigenvalue weighted by Gasteiger charge is -2.23. The number of carboxylic acids is 1. The van der Waals surface area contributed by atoms with Crippen molar-refractivity contribution in [1.82, 2.24) is 0 Å². The first kappa shape index (κ1) is 12.7. The van der Waals surface area contributed by atoms with E-state index in [4.69, 9.17) is 5.11 Å². The summed E-state index contributed by atoms with van der Waals surface area (Å²) in [5.74, 6) is -1.24. The van der Waals surface area contributed by atoms with E-state index in [1.807, 2.05) is 0 Å². The zero-order valence-electron chi connectivity index (χ0n) is 9.64. The molecule has 0 aromatic heterocycles. The van der Waals surface area contributed by atoms with Gasteiger partial charge >= 0.3 is 12.1 Å². The second-order valence-corrected chi connectivity index (χ2v) is 4.56. The molecule has 18 heavy (non-hydrogen) atoms. The molecule has 0 unspecified atom stereocenters. The molecule has 0 bridgehead atoms. The van der Waals surface area contributed by atoms with Crippen LogP contribution in [0.3, 0.4) is 0 Å². The molecule has 0 amide bonds. The van der Waals surface area contributed by atoms with E-state index in [-0.39, 0.29) is 24.1 Å². The Hall–Kier alpha value is -1.72. The minimum Gasteiger partial charge on any atom is -0.478 e. The number of nitrogens with one attached hydrogen (secondary N) is 1. The number of alkyl halides is 3. The first-order valence-corrected chi connectivity index (χ1v) is 5.44. The normalized spacial score (nSPS) is 17.3. The smallest absolute Gasteiger partial charge is 0.411 e. The van der Waals surface area contributed by atoms with E-state index >= 15 is 0 Å². The van der Waals surface area contributed by atoms with Gasteiger partial charge in [-0.25, -0.2) is 4.79 Å². The Bertz CT molecular complexity index is 493. The van der Waals surface area contributed by atoms with Crippen LogP contribution in [0.5, 0.6) is 0 Å². The van der Waals surface area contributed by atoms with Gasteiger partial charge < -0.3 is 10.4 Å². The van der Waals surface area contributed by atoms with Gasteiger partial charge in [0, 0.05) is 5.69 Å². The van der Waals surface area contributed by atoms with E-state index in [1.54, 1.807) is 13.0 Å². The van der Waals surface area contributed by atoms with E-state index in [0.29, 0.717) is 5.56 Å². The minimum atomic E-state index is -4.37. The van der Waals surface area contributed by atoms with Crippen molar-refractivity contribution in [3.63, 3.8) is 0 Å². The predicted molar refractivity (Wildman–Crippen MR) is 59.8 cm³/mol. The Morgan fingerprint density at radius 2 is 2.00 bits per heavy atom. The molecular weight excluding hydrogens is 247 g/mol. The second-order valence-electron chi connectivity index (χ2n) is 4.56. The van der Waals surface area contributed by atoms with Crippen molar-refractivity contribution in [1.29, 1.82) is 0 Å². The molecule has 2 N–H and O–H groups in total. The fraction of sp³-hybridized carbons (Fsp3) is 0.417. The molecular formula is C12H12F3NO2. The third-order valence-electron chi connectivity index (χ3n) is 3.07. The number of rotatable bonds is 3. The maximum Gasteiger partial charge on any atom is 0.411 e. The lowest BCUT2D eigenvalue weighted by Crippen LogP contribution is -2.39. The van der Waals surface area contributed by atoms with Crippen LogP contribution in [0, 0.1) is 6.92 Å². The van der Waals surface area contributed by atoms with Gasteiger partial charge in [-0.3, -0.25) is 0 Å². The highest BCUT2D eigenvalue weighted by Crippen LogP contribution is 2.51. The second kappa shape index (κ2) is 3.90. The van der Waals surface area contributed by atoms with Crippen molar-refractivity contribution >= 4 is 11.7 Å². The number of halogens is 3. The topological polar surface area (TPSA) is 49.3 Å². The molecule has 1 saturated carbocycles. The summed E-state index contributed by atoms with van der Waals surface area (Å²) < 4.78 is 38.4. The third kappa shape index (κ3) is 2.14. The highest BCUT2D eigenvalue weighted by atomic mass is 19.4. The number of aromatic carboxylic acids is 1. The predicted octanol–water partition coefficient (Wildman–Crippen LogP) is 3.20. The van der Waals surface area contributed by atoms with E-state index in [9.17, 15) is 18.0 Å². The Labute approximate surface area is 102 Å². The SMILES string of the molecule is Cc1ccc(C(=O)O)c(NC2(C(F)(F)F)CC2)c1. The van der Waals surface area contributed by atoms with Gasteiger partial charge in [-0.1, -0.05) is 6.07 Å². The standard InChI is InChI=1S/C12H12F3NO2/c1-7-2-3-8(10(17)18)9(6-7)16-11(4-5-11)12(13,14)15/h2-3,6,16H,4-5H2,1H3,(H,17,18). The summed E-state index contributed by atoms with van der Waals surface area (Å²) >= 11 is 0. The van der Waals surface area contributed by atoms with Crippen LogP contribution in [-0.2, 0) is 0 Å². The van der Waals surface area contributed by atoms with Gasteiger partial charge in [-0.05, 0) is 37.5 Å². The van der Waals surface area contributed by atoms with E-state index in [2.05, 4.69) is 5.32 Å². The molecule has 3 nitrogen and oxygen atoms in total. The van der Waals surface area contributed by atoms with Gasteiger partial charge in [-0.15, -0.1) is 0 Å². The van der Waals surface area contributed by atoms with Crippen molar-refractivity contribution in [3.05, 3.63) is 29.3 Å². The Balaban J connectivity index is 2.35. The van der Waals surface area contributed by atoms with Crippen LogP contribution in [0.2, 0.25) is 0 Å². The first-order chi connectivity index (χ1) is 8.25. The summed E-state index contributed by atoms with van der Waals surface area (Å²) in [6, 6.07) is 4.30. The lowest BCUT2D eigenvalue weighted by atomic mass is 10.1. The Kier molecular flexibility index (Phi) is 2.76. The average molecular weight is 259 g/mol. The monoisotopic (exact) mass is 259 g/mol. The first-order valence-electron chi connectivity index (χ1n) is 5.44. The van der Waals surface area contributed by atoms with Crippen LogP contribution in [0.25, 0.3) is 0 Å². The molecule has 1 aromatic carbocycles. The minimum absolute atomic E-state index is 0.0243. The van der Waals surface area contributed by atoms with Gasteiger partial charge in [0.2, 0.25) is 0 Å². The molecule has 0 saturated heterocycles. The number of hydrogen-bond donors (Lipinski definition) is 2. The fourth-order valence-corrected chi connectivity index (χ4v) is 1.81. The van der Waals surface area contributed by atoms with Crippen LogP contribution in [-0.4, -0.2) is 22.8 Å². The number of aryl methyl sites for hydroxylation is 1. The maximum atomic E-state index is 12.8. The van der Waals surface area contributed by atoms with E-state index in [0.717, 1.165) is 0 Å². The highest BCUT2D eigenvalue weighted by Gasteiger charge is 2.63. The van der Waals surface area contributed by atoms with E-state index in [1.165, 1.54) is 12.1 Å². The number of hydrogen-bond acceptors (Lipinski definition) is 2. The quantitative estimate of drug-likeness (QED) is 0.876. The molecule has 98 valence electrons. The van der Waals surface area contributed by atoms with Crippen molar-refractivity contribution in [2.75, 3.05) is 5.32 Å². The number of carboxylic acid groups (broad SMARTS) is 1. The van der Waals surface area contributed by atoms with Crippen LogP contribution >= 0.6 is 0 Å². The molecule has 6 heteroatoms. The Morgan fingerprint density at radius 3 is 2.44 bits per heavy atom.